The van der Waals surface area contributed by atoms with Gasteiger partial charge in [-0.2, -0.15) is 0 Å². The normalized spacial score (nSPS) is 18.3. The topological polar surface area (TPSA) is 86.5 Å². The van der Waals surface area contributed by atoms with Gasteiger partial charge in [0.05, 0.1) is 0 Å². The number of fused-ring (bicyclic) bond motifs is 1. The largest absolute Gasteiger partial charge is 0.370 e. The van der Waals surface area contributed by atoms with Gasteiger partial charge in [0.1, 0.15) is 0 Å². The molecule has 0 spiro atoms. The van der Waals surface area contributed by atoms with Gasteiger partial charge in [0, 0.05) is 50.2 Å². The zero-order chi connectivity index (χ0) is 18.4. The molecule has 1 fully saturated rings. The third kappa shape index (κ3) is 4.77. The number of likely N-dealkylation sites (tertiary alicyclic amines) is 1. The molecule has 0 aliphatic carbocycles. The zero-order valence-corrected chi connectivity index (χ0v) is 15.5. The molecule has 6 heteroatoms. The first-order valence-corrected chi connectivity index (χ1v) is 9.54. The Kier molecular flexibility index (Phi) is 6.15. The number of nitrogens with one attached hydrogen (secondary N) is 2. The second-order valence-corrected chi connectivity index (χ2v) is 6.99. The maximum Gasteiger partial charge on any atom is 0.217 e. The highest BCUT2D eigenvalue weighted by Crippen LogP contribution is 2.19. The molecule has 3 rings (SSSR count). The van der Waals surface area contributed by atoms with Gasteiger partial charge in [-0.25, -0.2) is 0 Å². The van der Waals surface area contributed by atoms with E-state index in [0.29, 0.717) is 12.3 Å². The molecule has 140 valence electrons. The van der Waals surface area contributed by atoms with Crippen molar-refractivity contribution in [3.63, 3.8) is 0 Å². The number of rotatable bonds is 6. The quantitative estimate of drug-likeness (QED) is 0.549. The number of hydrogen-bond acceptors (Lipinski definition) is 2. The van der Waals surface area contributed by atoms with E-state index in [1.54, 1.807) is 0 Å². The number of hydrogen-bond donors (Lipinski definition) is 3. The number of aromatic amines is 1. The van der Waals surface area contributed by atoms with E-state index >= 15 is 0 Å². The number of carbonyl (C=O) groups is 1. The summed E-state index contributed by atoms with van der Waals surface area (Å²) in [6, 6.07) is 10.5. The fourth-order valence-electron chi connectivity index (χ4n) is 3.68. The Hall–Kier alpha value is -2.50. The van der Waals surface area contributed by atoms with Crippen molar-refractivity contribution in [1.29, 1.82) is 0 Å². The average molecular weight is 355 g/mol. The van der Waals surface area contributed by atoms with Crippen LogP contribution >= 0.6 is 0 Å². The van der Waals surface area contributed by atoms with Crippen molar-refractivity contribution in [2.24, 2.45) is 16.6 Å². The van der Waals surface area contributed by atoms with Crippen LogP contribution in [0.4, 0.5) is 0 Å². The van der Waals surface area contributed by atoms with Crippen molar-refractivity contribution in [3.8, 4) is 0 Å². The number of piperidine rings is 1. The lowest BCUT2D eigenvalue weighted by Crippen LogP contribution is -2.47. The first-order chi connectivity index (χ1) is 12.7. The van der Waals surface area contributed by atoms with Crippen LogP contribution in [0.3, 0.4) is 0 Å². The molecule has 1 atom stereocenters. The summed E-state index contributed by atoms with van der Waals surface area (Å²) in [5.41, 5.74) is 7.75. The SMILES string of the molecule is CCNC(=NCCc1cc2ccccc2[nH]1)N1CCCC(CC(N)=O)C1. The summed E-state index contributed by atoms with van der Waals surface area (Å²) < 4.78 is 0. The molecule has 1 aliphatic rings. The molecule has 1 aromatic carbocycles. The van der Waals surface area contributed by atoms with E-state index in [1.165, 1.54) is 16.6 Å². The van der Waals surface area contributed by atoms with E-state index in [0.717, 1.165) is 51.4 Å². The second-order valence-electron chi connectivity index (χ2n) is 6.99. The smallest absolute Gasteiger partial charge is 0.217 e. The number of primary amides is 1. The lowest BCUT2D eigenvalue weighted by atomic mass is 9.95. The van der Waals surface area contributed by atoms with Crippen molar-refractivity contribution in [3.05, 3.63) is 36.0 Å². The van der Waals surface area contributed by atoms with Crippen LogP contribution in [0.1, 0.15) is 31.9 Å². The van der Waals surface area contributed by atoms with Crippen molar-refractivity contribution in [1.82, 2.24) is 15.2 Å². The zero-order valence-electron chi connectivity index (χ0n) is 15.5. The van der Waals surface area contributed by atoms with E-state index in [2.05, 4.69) is 46.4 Å². The summed E-state index contributed by atoms with van der Waals surface area (Å²) in [6.45, 7) is 5.47. The first-order valence-electron chi connectivity index (χ1n) is 9.54. The number of para-hydroxylation sites is 1. The van der Waals surface area contributed by atoms with Crippen LogP contribution in [-0.2, 0) is 11.2 Å². The van der Waals surface area contributed by atoms with E-state index in [4.69, 9.17) is 10.7 Å². The number of amides is 1. The molecular weight excluding hydrogens is 326 g/mol. The maximum absolute atomic E-state index is 11.2. The van der Waals surface area contributed by atoms with Gasteiger partial charge >= 0.3 is 0 Å². The predicted octanol–water partition coefficient (Wildman–Crippen LogP) is 2.26. The number of aromatic nitrogens is 1. The summed E-state index contributed by atoms with van der Waals surface area (Å²) in [5, 5.41) is 4.63. The highest BCUT2D eigenvalue weighted by atomic mass is 16.1. The molecule has 2 aromatic rings. The molecule has 0 saturated carbocycles. The third-order valence-corrected chi connectivity index (χ3v) is 4.87. The summed E-state index contributed by atoms with van der Waals surface area (Å²) in [4.78, 5) is 21.8. The Morgan fingerprint density at radius 3 is 3.04 bits per heavy atom. The van der Waals surface area contributed by atoms with E-state index in [9.17, 15) is 4.79 Å². The molecule has 1 aliphatic heterocycles. The lowest BCUT2D eigenvalue weighted by Gasteiger charge is -2.34. The first kappa shape index (κ1) is 18.3. The van der Waals surface area contributed by atoms with Gasteiger partial charge < -0.3 is 20.9 Å². The molecule has 6 nitrogen and oxygen atoms in total. The highest BCUT2D eigenvalue weighted by Gasteiger charge is 2.23. The Bertz CT molecular complexity index is 733. The van der Waals surface area contributed by atoms with E-state index in [-0.39, 0.29) is 5.91 Å². The summed E-state index contributed by atoms with van der Waals surface area (Å²) in [7, 11) is 0. The van der Waals surface area contributed by atoms with Crippen molar-refractivity contribution < 1.29 is 4.79 Å². The fraction of sp³-hybridized carbons (Fsp3) is 0.500. The molecule has 2 heterocycles. The minimum absolute atomic E-state index is 0.211. The van der Waals surface area contributed by atoms with Crippen LogP contribution in [0.5, 0.6) is 0 Å². The Morgan fingerprint density at radius 2 is 2.27 bits per heavy atom. The van der Waals surface area contributed by atoms with Gasteiger partial charge in [0.2, 0.25) is 5.91 Å². The fourth-order valence-corrected chi connectivity index (χ4v) is 3.68. The molecule has 4 N–H and O–H groups in total. The molecule has 0 bridgehead atoms. The maximum atomic E-state index is 11.2. The number of aliphatic imine (C=N–C) groups is 1. The molecule has 1 saturated heterocycles. The van der Waals surface area contributed by atoms with Crippen LogP contribution in [0.2, 0.25) is 0 Å². The number of H-pyrrole nitrogens is 1. The molecule has 1 amide bonds. The number of carbonyl (C=O) groups excluding carboxylic acids is 1. The van der Waals surface area contributed by atoms with Crippen LogP contribution in [0, 0.1) is 5.92 Å². The molecule has 26 heavy (non-hydrogen) atoms. The monoisotopic (exact) mass is 355 g/mol. The van der Waals surface area contributed by atoms with Gasteiger partial charge in [0.15, 0.2) is 5.96 Å². The van der Waals surface area contributed by atoms with E-state index in [1.807, 2.05) is 6.07 Å². The van der Waals surface area contributed by atoms with Crippen LogP contribution < -0.4 is 11.1 Å². The Balaban J connectivity index is 1.61. The van der Waals surface area contributed by atoms with Gasteiger partial charge in [-0.1, -0.05) is 18.2 Å². The Morgan fingerprint density at radius 1 is 1.42 bits per heavy atom. The minimum atomic E-state index is -0.211. The summed E-state index contributed by atoms with van der Waals surface area (Å²) in [6.07, 6.45) is 3.48. The molecule has 1 unspecified atom stereocenters. The Labute approximate surface area is 154 Å². The lowest BCUT2D eigenvalue weighted by molar-refractivity contribution is -0.119. The van der Waals surface area contributed by atoms with Crippen molar-refractivity contribution >= 4 is 22.8 Å². The minimum Gasteiger partial charge on any atom is -0.370 e. The van der Waals surface area contributed by atoms with Gasteiger partial charge in [-0.15, -0.1) is 0 Å². The molecular formula is C20H29N5O. The van der Waals surface area contributed by atoms with Gasteiger partial charge in [-0.05, 0) is 43.2 Å². The van der Waals surface area contributed by atoms with Gasteiger partial charge in [0.25, 0.3) is 0 Å². The highest BCUT2D eigenvalue weighted by molar-refractivity contribution is 5.81. The standard InChI is InChI=1S/C20H29N5O/c1-2-22-20(25-11-5-6-15(14-25)12-19(21)26)23-10-9-17-13-16-7-3-4-8-18(16)24-17/h3-4,7-8,13,15,24H,2,5-6,9-12,14H2,1H3,(H2,21,26)(H,22,23). The predicted molar refractivity (Wildman–Crippen MR) is 106 cm³/mol. The van der Waals surface area contributed by atoms with E-state index < -0.39 is 0 Å². The van der Waals surface area contributed by atoms with Crippen molar-refractivity contribution in [2.75, 3.05) is 26.2 Å². The van der Waals surface area contributed by atoms with Crippen LogP contribution in [-0.4, -0.2) is 47.9 Å². The summed E-state index contributed by atoms with van der Waals surface area (Å²) in [5.74, 6) is 1.06. The average Bonchev–Trinajstić information content (AvgIpc) is 3.03. The van der Waals surface area contributed by atoms with Crippen molar-refractivity contribution in [2.45, 2.75) is 32.6 Å². The number of nitrogens with two attached hydrogens (primary N) is 1. The molecule has 1 aromatic heterocycles. The molecule has 0 radical (unpaired) electrons. The summed E-state index contributed by atoms with van der Waals surface area (Å²) >= 11 is 0. The van der Waals surface area contributed by atoms with Gasteiger partial charge in [-0.3, -0.25) is 9.79 Å². The third-order valence-electron chi connectivity index (χ3n) is 4.87. The second kappa shape index (κ2) is 8.74. The number of nitrogens with zero attached hydrogens (tertiary/aromatic N) is 2. The number of benzene rings is 1. The van der Waals surface area contributed by atoms with Crippen LogP contribution in [0.25, 0.3) is 10.9 Å². The van der Waals surface area contributed by atoms with Crippen LogP contribution in [0.15, 0.2) is 35.3 Å². The number of guanidine groups is 1.